The molecule has 2 aliphatic rings. The first-order valence-corrected chi connectivity index (χ1v) is 16.8. The molecule has 0 radical (unpaired) electrons. The standard InChI is InChI=1S/C47H31NO/c1-3-13-32(14-4-1)33-23-25-37(26-24-33)48(36-17-5-2-6-18-36)38-27-28-42-40(31-38)39-19-9-10-20-41(39)47(42)43-21-11-12-22-45(43)49-46-30-35-16-8-7-15-34(35)29-44(46)47/h1-31H. The molecule has 0 saturated carbocycles. The molecule has 0 saturated heterocycles. The summed E-state index contributed by atoms with van der Waals surface area (Å²) in [6.07, 6.45) is 0. The minimum atomic E-state index is -0.520. The van der Waals surface area contributed by atoms with Crippen molar-refractivity contribution < 1.29 is 4.74 Å². The Bertz CT molecular complexity index is 2520. The predicted octanol–water partition coefficient (Wildman–Crippen LogP) is 12.4. The third kappa shape index (κ3) is 4.14. The Labute approximate surface area is 286 Å². The molecule has 1 aliphatic carbocycles. The number of fused-ring (bicyclic) bond motifs is 10. The van der Waals surface area contributed by atoms with Crippen LogP contribution in [0.3, 0.4) is 0 Å². The molecule has 1 unspecified atom stereocenters. The van der Waals surface area contributed by atoms with Crippen molar-refractivity contribution >= 4 is 27.8 Å². The van der Waals surface area contributed by atoms with Crippen molar-refractivity contribution in [1.82, 2.24) is 0 Å². The highest BCUT2D eigenvalue weighted by Crippen LogP contribution is 2.63. The number of rotatable bonds is 4. The van der Waals surface area contributed by atoms with E-state index in [9.17, 15) is 0 Å². The number of hydrogen-bond donors (Lipinski definition) is 0. The van der Waals surface area contributed by atoms with Crippen LogP contribution in [0, 0.1) is 0 Å². The van der Waals surface area contributed by atoms with Gasteiger partial charge in [0.2, 0.25) is 0 Å². The van der Waals surface area contributed by atoms with E-state index in [-0.39, 0.29) is 0 Å². The molecule has 2 nitrogen and oxygen atoms in total. The Morgan fingerprint density at radius 1 is 0.347 bits per heavy atom. The zero-order valence-corrected chi connectivity index (χ0v) is 26.8. The van der Waals surface area contributed by atoms with Gasteiger partial charge in [0.25, 0.3) is 0 Å². The van der Waals surface area contributed by atoms with Crippen LogP contribution in [0.1, 0.15) is 22.3 Å². The van der Waals surface area contributed by atoms with Gasteiger partial charge in [-0.3, -0.25) is 0 Å². The quantitative estimate of drug-likeness (QED) is 0.193. The third-order valence-corrected chi connectivity index (χ3v) is 10.3. The third-order valence-electron chi connectivity index (χ3n) is 10.3. The van der Waals surface area contributed by atoms with Crippen LogP contribution in [-0.4, -0.2) is 0 Å². The fraction of sp³-hybridized carbons (Fsp3) is 0.0213. The maximum atomic E-state index is 6.71. The normalized spacial score (nSPS) is 15.2. The Hall–Kier alpha value is -6.38. The average Bonchev–Trinajstić information content (AvgIpc) is 3.45. The molecule has 1 atom stereocenters. The van der Waals surface area contributed by atoms with Crippen LogP contribution in [-0.2, 0) is 5.41 Å². The van der Waals surface area contributed by atoms with Crippen LogP contribution in [0.4, 0.5) is 17.1 Å². The molecule has 49 heavy (non-hydrogen) atoms. The van der Waals surface area contributed by atoms with E-state index in [1.165, 1.54) is 55.3 Å². The molecule has 1 heterocycles. The largest absolute Gasteiger partial charge is 0.457 e. The molecule has 1 aliphatic heterocycles. The van der Waals surface area contributed by atoms with Gasteiger partial charge in [0.05, 0.1) is 5.41 Å². The van der Waals surface area contributed by atoms with Crippen molar-refractivity contribution in [2.45, 2.75) is 5.41 Å². The van der Waals surface area contributed by atoms with Gasteiger partial charge < -0.3 is 9.64 Å². The zero-order chi connectivity index (χ0) is 32.4. The van der Waals surface area contributed by atoms with Gasteiger partial charge in [0.15, 0.2) is 0 Å². The lowest BCUT2D eigenvalue weighted by molar-refractivity contribution is 0.437. The zero-order valence-electron chi connectivity index (χ0n) is 26.8. The van der Waals surface area contributed by atoms with Crippen molar-refractivity contribution in [3.05, 3.63) is 210 Å². The number of hydrogen-bond acceptors (Lipinski definition) is 2. The van der Waals surface area contributed by atoms with E-state index < -0.39 is 5.41 Å². The fourth-order valence-corrected chi connectivity index (χ4v) is 8.18. The van der Waals surface area contributed by atoms with Crippen molar-refractivity contribution in [3.8, 4) is 33.8 Å². The Balaban J connectivity index is 1.21. The van der Waals surface area contributed by atoms with Crippen LogP contribution in [0.2, 0.25) is 0 Å². The minimum Gasteiger partial charge on any atom is -0.457 e. The predicted molar refractivity (Wildman–Crippen MR) is 201 cm³/mol. The molecule has 0 aromatic heterocycles. The lowest BCUT2D eigenvalue weighted by Gasteiger charge is -2.39. The topological polar surface area (TPSA) is 12.5 Å². The summed E-state index contributed by atoms with van der Waals surface area (Å²) in [6, 6.07) is 67.8. The highest BCUT2D eigenvalue weighted by Gasteiger charge is 2.51. The Kier molecular flexibility index (Phi) is 6.13. The number of ether oxygens (including phenoxy) is 1. The average molecular weight is 626 g/mol. The smallest absolute Gasteiger partial charge is 0.132 e. The molecule has 0 fully saturated rings. The lowest BCUT2D eigenvalue weighted by atomic mass is 9.66. The molecule has 230 valence electrons. The van der Waals surface area contributed by atoms with E-state index >= 15 is 0 Å². The first kappa shape index (κ1) is 27.7. The summed E-state index contributed by atoms with van der Waals surface area (Å²) in [6.45, 7) is 0. The summed E-state index contributed by atoms with van der Waals surface area (Å²) in [5, 5.41) is 2.38. The van der Waals surface area contributed by atoms with E-state index in [0.717, 1.165) is 28.6 Å². The van der Waals surface area contributed by atoms with Gasteiger partial charge in [0, 0.05) is 28.2 Å². The van der Waals surface area contributed by atoms with Crippen molar-refractivity contribution in [2.24, 2.45) is 0 Å². The van der Waals surface area contributed by atoms with Crippen LogP contribution >= 0.6 is 0 Å². The first-order valence-electron chi connectivity index (χ1n) is 16.8. The van der Waals surface area contributed by atoms with Crippen molar-refractivity contribution in [2.75, 3.05) is 4.90 Å². The molecule has 1 spiro atoms. The highest BCUT2D eigenvalue weighted by atomic mass is 16.5. The van der Waals surface area contributed by atoms with E-state index in [1.807, 2.05) is 0 Å². The molecule has 8 aromatic rings. The summed E-state index contributed by atoms with van der Waals surface area (Å²) < 4.78 is 6.71. The van der Waals surface area contributed by atoms with Crippen LogP contribution in [0.5, 0.6) is 11.5 Å². The number of para-hydroxylation sites is 2. The van der Waals surface area contributed by atoms with Gasteiger partial charge in [-0.15, -0.1) is 0 Å². The second kappa shape index (κ2) is 10.8. The van der Waals surface area contributed by atoms with Crippen LogP contribution < -0.4 is 9.64 Å². The summed E-state index contributed by atoms with van der Waals surface area (Å²) in [4.78, 5) is 2.36. The molecule has 0 amide bonds. The van der Waals surface area contributed by atoms with Gasteiger partial charge in [-0.1, -0.05) is 133 Å². The second-order valence-electron chi connectivity index (χ2n) is 12.9. The lowest BCUT2D eigenvalue weighted by Crippen LogP contribution is -2.32. The summed E-state index contributed by atoms with van der Waals surface area (Å²) in [5.41, 5.74) is 12.6. The Morgan fingerprint density at radius 3 is 1.71 bits per heavy atom. The van der Waals surface area contributed by atoms with Crippen molar-refractivity contribution in [1.29, 1.82) is 0 Å². The molecule has 8 aromatic carbocycles. The van der Waals surface area contributed by atoms with Gasteiger partial charge in [0.1, 0.15) is 11.5 Å². The molecule has 2 heteroatoms. The number of benzene rings is 8. The van der Waals surface area contributed by atoms with Crippen LogP contribution in [0.25, 0.3) is 33.0 Å². The maximum Gasteiger partial charge on any atom is 0.132 e. The molecular formula is C47H31NO. The SMILES string of the molecule is c1ccc(-c2ccc(N(c3ccccc3)c3ccc4c(c3)-c3ccccc3C43c4ccccc4Oc4cc5ccccc5cc43)cc2)cc1. The second-order valence-corrected chi connectivity index (χ2v) is 12.9. The molecule has 0 bridgehead atoms. The fourth-order valence-electron chi connectivity index (χ4n) is 8.18. The van der Waals surface area contributed by atoms with E-state index in [1.54, 1.807) is 0 Å². The van der Waals surface area contributed by atoms with E-state index in [2.05, 4.69) is 193 Å². The number of anilines is 3. The van der Waals surface area contributed by atoms with Gasteiger partial charge in [-0.25, -0.2) is 0 Å². The highest BCUT2D eigenvalue weighted by molar-refractivity contribution is 5.94. The van der Waals surface area contributed by atoms with Gasteiger partial charge in [-0.2, -0.15) is 0 Å². The maximum absolute atomic E-state index is 6.71. The molecule has 0 N–H and O–H groups in total. The van der Waals surface area contributed by atoms with Crippen molar-refractivity contribution in [3.63, 3.8) is 0 Å². The molecule has 10 rings (SSSR count). The minimum absolute atomic E-state index is 0.520. The van der Waals surface area contributed by atoms with Gasteiger partial charge in [-0.05, 0) is 98.8 Å². The number of nitrogens with zero attached hydrogens (tertiary/aromatic N) is 1. The molecular weight excluding hydrogens is 595 g/mol. The summed E-state index contributed by atoms with van der Waals surface area (Å²) in [7, 11) is 0. The summed E-state index contributed by atoms with van der Waals surface area (Å²) >= 11 is 0. The van der Waals surface area contributed by atoms with E-state index in [4.69, 9.17) is 4.74 Å². The summed E-state index contributed by atoms with van der Waals surface area (Å²) in [5.74, 6) is 1.81. The first-order chi connectivity index (χ1) is 24.3. The monoisotopic (exact) mass is 625 g/mol. The van der Waals surface area contributed by atoms with E-state index in [0.29, 0.717) is 0 Å². The Morgan fingerprint density at radius 2 is 0.918 bits per heavy atom. The van der Waals surface area contributed by atoms with Crippen LogP contribution in [0.15, 0.2) is 188 Å². The van der Waals surface area contributed by atoms with Gasteiger partial charge >= 0.3 is 0 Å².